The van der Waals surface area contributed by atoms with Crippen LogP contribution in [0.2, 0.25) is 0 Å². The molecule has 2 heterocycles. The van der Waals surface area contributed by atoms with Crippen LogP contribution in [0, 0.1) is 22.6 Å². The zero-order chi connectivity index (χ0) is 20.2. The van der Waals surface area contributed by atoms with E-state index in [1.165, 1.54) is 12.1 Å². The van der Waals surface area contributed by atoms with Gasteiger partial charge in [0, 0.05) is 24.3 Å². The molecule has 1 aliphatic heterocycles. The monoisotopic (exact) mass is 378 g/mol. The van der Waals surface area contributed by atoms with Crippen molar-refractivity contribution in [2.45, 2.75) is 32.6 Å². The third-order valence-electron chi connectivity index (χ3n) is 5.26. The largest absolute Gasteiger partial charge is 0.442 e. The van der Waals surface area contributed by atoms with E-state index in [9.17, 15) is 14.4 Å². The first-order chi connectivity index (χ1) is 13.2. The second kappa shape index (κ2) is 6.06. The molecule has 1 atom stereocenters. The number of hydrogen-bond donors (Lipinski definition) is 2. The van der Waals surface area contributed by atoms with Crippen LogP contribution in [0.25, 0.3) is 0 Å². The number of ketones is 1. The number of Topliss-reactive ketones (excluding diaryl/α,β-unsaturated/α-hetero) is 1. The van der Waals surface area contributed by atoms with Crippen molar-refractivity contribution in [1.82, 2.24) is 4.98 Å². The number of ether oxygens (including phenoxy) is 1. The summed E-state index contributed by atoms with van der Waals surface area (Å²) in [6.07, 6.45) is 0.905. The normalized spacial score (nSPS) is 20.1. The predicted octanol–water partition coefficient (Wildman–Crippen LogP) is 3.42. The number of allylic oxidation sites excluding steroid dienone is 2. The van der Waals surface area contributed by atoms with Crippen molar-refractivity contribution in [2.24, 2.45) is 5.41 Å². The highest BCUT2D eigenvalue weighted by Gasteiger charge is 2.44. The standard InChI is InChI=1S/C21H19FN4O2/c1-21(2)7-13(27)16-14(8-21)28-20-17(18(24)12(9-23)19(25)26-20)15(16)10-3-5-11(22)6-4-10/h3-6,15H,7-8H2,1-2H3,(H4,24,25,26)/t15-/m1/s1. The summed E-state index contributed by atoms with van der Waals surface area (Å²) in [6.45, 7) is 3.99. The molecular weight excluding hydrogens is 359 g/mol. The van der Waals surface area contributed by atoms with Crippen molar-refractivity contribution in [2.75, 3.05) is 11.5 Å². The Morgan fingerprint density at radius 1 is 1.25 bits per heavy atom. The predicted molar refractivity (Wildman–Crippen MR) is 102 cm³/mol. The summed E-state index contributed by atoms with van der Waals surface area (Å²) in [5.41, 5.74) is 13.6. The fourth-order valence-electron chi connectivity index (χ4n) is 4.03. The maximum absolute atomic E-state index is 13.5. The highest BCUT2D eigenvalue weighted by atomic mass is 19.1. The summed E-state index contributed by atoms with van der Waals surface area (Å²) in [4.78, 5) is 17.3. The van der Waals surface area contributed by atoms with Crippen molar-refractivity contribution >= 4 is 17.3 Å². The van der Waals surface area contributed by atoms with Gasteiger partial charge in [-0.05, 0) is 23.1 Å². The van der Waals surface area contributed by atoms with Gasteiger partial charge in [-0.1, -0.05) is 26.0 Å². The number of pyridine rings is 1. The number of nitriles is 1. The average molecular weight is 378 g/mol. The summed E-state index contributed by atoms with van der Waals surface area (Å²) in [5.74, 6) is -0.347. The number of rotatable bonds is 1. The number of anilines is 2. The molecule has 0 radical (unpaired) electrons. The lowest BCUT2D eigenvalue weighted by Crippen LogP contribution is -2.33. The quantitative estimate of drug-likeness (QED) is 0.786. The summed E-state index contributed by atoms with van der Waals surface area (Å²) in [7, 11) is 0. The van der Waals surface area contributed by atoms with E-state index in [-0.39, 0.29) is 40.0 Å². The molecule has 4 rings (SSSR count). The fraction of sp³-hybridized carbons (Fsp3) is 0.286. The maximum Gasteiger partial charge on any atom is 0.227 e. The van der Waals surface area contributed by atoms with Gasteiger partial charge in [-0.3, -0.25) is 4.79 Å². The van der Waals surface area contributed by atoms with Gasteiger partial charge in [-0.15, -0.1) is 0 Å². The second-order valence-electron chi connectivity index (χ2n) is 7.98. The van der Waals surface area contributed by atoms with Crippen LogP contribution >= 0.6 is 0 Å². The van der Waals surface area contributed by atoms with E-state index in [4.69, 9.17) is 16.2 Å². The fourth-order valence-corrected chi connectivity index (χ4v) is 4.03. The van der Waals surface area contributed by atoms with Crippen LogP contribution in [0.1, 0.15) is 49.3 Å². The highest BCUT2D eigenvalue weighted by molar-refractivity contribution is 6.00. The van der Waals surface area contributed by atoms with E-state index < -0.39 is 5.92 Å². The van der Waals surface area contributed by atoms with Crippen LogP contribution in [-0.2, 0) is 4.79 Å². The Hall–Kier alpha value is -3.40. The minimum absolute atomic E-state index is 0.0259. The van der Waals surface area contributed by atoms with Crippen LogP contribution < -0.4 is 16.2 Å². The van der Waals surface area contributed by atoms with E-state index in [2.05, 4.69) is 4.98 Å². The van der Waals surface area contributed by atoms with Crippen LogP contribution in [-0.4, -0.2) is 10.8 Å². The molecule has 6 nitrogen and oxygen atoms in total. The van der Waals surface area contributed by atoms with Crippen LogP contribution in [0.15, 0.2) is 35.6 Å². The Bertz CT molecular complexity index is 1080. The number of nitrogens with zero attached hydrogens (tertiary/aromatic N) is 2. The van der Waals surface area contributed by atoms with Gasteiger partial charge in [0.25, 0.3) is 0 Å². The van der Waals surface area contributed by atoms with Gasteiger partial charge in [0.05, 0.1) is 11.3 Å². The SMILES string of the molecule is CC1(C)CC(=O)C2=C(C1)Oc1nc(N)c(C#N)c(N)c1[C@@H]2c1ccc(F)cc1. The number of nitrogen functional groups attached to an aromatic ring is 2. The molecule has 1 aliphatic carbocycles. The van der Waals surface area contributed by atoms with Crippen molar-refractivity contribution in [1.29, 1.82) is 5.26 Å². The van der Waals surface area contributed by atoms with Gasteiger partial charge >= 0.3 is 0 Å². The number of benzene rings is 1. The van der Waals surface area contributed by atoms with E-state index in [1.807, 2.05) is 19.9 Å². The molecule has 0 amide bonds. The van der Waals surface area contributed by atoms with Gasteiger partial charge in [0.15, 0.2) is 5.78 Å². The number of carbonyl (C=O) groups excluding carboxylic acids is 1. The van der Waals surface area contributed by atoms with E-state index in [1.54, 1.807) is 12.1 Å². The number of aromatic nitrogens is 1. The molecule has 28 heavy (non-hydrogen) atoms. The molecule has 0 spiro atoms. The lowest BCUT2D eigenvalue weighted by atomic mass is 9.70. The Morgan fingerprint density at radius 2 is 1.93 bits per heavy atom. The van der Waals surface area contributed by atoms with E-state index in [0.29, 0.717) is 35.3 Å². The summed E-state index contributed by atoms with van der Waals surface area (Å²) in [5, 5.41) is 9.43. The molecule has 2 aromatic rings. The van der Waals surface area contributed by atoms with Gasteiger partial charge in [0.2, 0.25) is 5.88 Å². The number of hydrogen-bond acceptors (Lipinski definition) is 6. The maximum atomic E-state index is 13.5. The van der Waals surface area contributed by atoms with Gasteiger partial charge in [-0.25, -0.2) is 4.39 Å². The lowest BCUT2D eigenvalue weighted by Gasteiger charge is -2.38. The Morgan fingerprint density at radius 3 is 2.57 bits per heavy atom. The van der Waals surface area contributed by atoms with E-state index >= 15 is 0 Å². The molecule has 1 aromatic heterocycles. The molecule has 0 bridgehead atoms. The molecule has 2 aliphatic rings. The summed E-state index contributed by atoms with van der Waals surface area (Å²) < 4.78 is 19.5. The molecule has 1 aromatic carbocycles. The van der Waals surface area contributed by atoms with Crippen molar-refractivity contribution in [3.8, 4) is 11.9 Å². The molecule has 4 N–H and O–H groups in total. The van der Waals surface area contributed by atoms with Crippen LogP contribution in [0.5, 0.6) is 5.88 Å². The van der Waals surface area contributed by atoms with Gasteiger partial charge in [0.1, 0.15) is 29.0 Å². The minimum atomic E-state index is -0.594. The molecule has 0 fully saturated rings. The highest BCUT2D eigenvalue weighted by Crippen LogP contribution is 2.52. The molecule has 7 heteroatoms. The number of nitrogens with two attached hydrogens (primary N) is 2. The summed E-state index contributed by atoms with van der Waals surface area (Å²) >= 11 is 0. The van der Waals surface area contributed by atoms with Crippen molar-refractivity contribution in [3.05, 3.63) is 58.1 Å². The molecular formula is C21H19FN4O2. The Balaban J connectivity index is 2.02. The molecule has 0 unspecified atom stereocenters. The van der Waals surface area contributed by atoms with Crippen LogP contribution in [0.3, 0.4) is 0 Å². The van der Waals surface area contributed by atoms with Crippen molar-refractivity contribution < 1.29 is 13.9 Å². The van der Waals surface area contributed by atoms with E-state index in [0.717, 1.165) is 0 Å². The first-order valence-corrected chi connectivity index (χ1v) is 8.90. The first-order valence-electron chi connectivity index (χ1n) is 8.90. The van der Waals surface area contributed by atoms with Crippen LogP contribution in [0.4, 0.5) is 15.9 Å². The average Bonchev–Trinajstić information content (AvgIpc) is 2.60. The number of halogens is 1. The molecule has 0 saturated heterocycles. The first kappa shape index (κ1) is 18.0. The third kappa shape index (κ3) is 2.69. The van der Waals surface area contributed by atoms with Gasteiger partial charge in [-0.2, -0.15) is 10.2 Å². The second-order valence-corrected chi connectivity index (χ2v) is 7.98. The summed E-state index contributed by atoms with van der Waals surface area (Å²) in [6, 6.07) is 7.83. The zero-order valence-corrected chi connectivity index (χ0v) is 15.5. The smallest absolute Gasteiger partial charge is 0.227 e. The van der Waals surface area contributed by atoms with Gasteiger partial charge < -0.3 is 16.2 Å². The Labute approximate surface area is 161 Å². The topological polar surface area (TPSA) is 115 Å². The van der Waals surface area contributed by atoms with Crippen molar-refractivity contribution in [3.63, 3.8) is 0 Å². The lowest BCUT2D eigenvalue weighted by molar-refractivity contribution is -0.118. The number of fused-ring (bicyclic) bond motifs is 1. The number of carbonyl (C=O) groups is 1. The molecule has 0 saturated carbocycles. The zero-order valence-electron chi connectivity index (χ0n) is 15.5. The molecule has 142 valence electrons. The third-order valence-corrected chi connectivity index (χ3v) is 5.26. The minimum Gasteiger partial charge on any atom is -0.442 e. The Kier molecular flexibility index (Phi) is 3.89.